The van der Waals surface area contributed by atoms with Gasteiger partial charge in [-0.1, -0.05) is 13.3 Å². The number of likely N-dealkylation sites (tertiary alicyclic amines) is 1. The van der Waals surface area contributed by atoms with Crippen molar-refractivity contribution < 1.29 is 9.90 Å². The number of aliphatic hydroxyl groups excluding tert-OH is 1. The number of carbonyl (C=O) groups excluding carboxylic acids is 1. The van der Waals surface area contributed by atoms with E-state index in [1.807, 2.05) is 0 Å². The predicted molar refractivity (Wildman–Crippen MR) is 54.8 cm³/mol. The molecule has 0 aromatic rings. The van der Waals surface area contributed by atoms with Gasteiger partial charge < -0.3 is 10.0 Å². The molecule has 0 spiro atoms. The largest absolute Gasteiger partial charge is 0.389 e. The molecule has 1 fully saturated rings. The molecule has 1 amide bonds. The summed E-state index contributed by atoms with van der Waals surface area (Å²) < 4.78 is 0. The minimum Gasteiger partial charge on any atom is -0.389 e. The fourth-order valence-corrected chi connectivity index (χ4v) is 2.15. The second kappa shape index (κ2) is 5.50. The lowest BCUT2D eigenvalue weighted by molar-refractivity contribution is -0.138. The zero-order valence-electron chi connectivity index (χ0n) is 8.03. The number of aliphatic hydroxyl groups is 1. The van der Waals surface area contributed by atoms with Crippen LogP contribution < -0.4 is 0 Å². The zero-order chi connectivity index (χ0) is 9.68. The van der Waals surface area contributed by atoms with Crippen molar-refractivity contribution in [3.8, 4) is 0 Å². The Morgan fingerprint density at radius 1 is 1.62 bits per heavy atom. The molecule has 0 saturated carbocycles. The van der Waals surface area contributed by atoms with Crippen LogP contribution in [0.25, 0.3) is 0 Å². The molecule has 0 aliphatic carbocycles. The highest BCUT2D eigenvalue weighted by molar-refractivity contribution is 7.99. The third-order valence-electron chi connectivity index (χ3n) is 2.08. The third-order valence-corrected chi connectivity index (χ3v) is 3.11. The van der Waals surface area contributed by atoms with E-state index in [-0.39, 0.29) is 12.0 Å². The lowest BCUT2D eigenvalue weighted by Crippen LogP contribution is -2.54. The number of hydrogen-bond acceptors (Lipinski definition) is 3. The Morgan fingerprint density at radius 3 is 2.85 bits per heavy atom. The first-order valence-corrected chi connectivity index (χ1v) is 5.93. The Labute approximate surface area is 83.5 Å². The quantitative estimate of drug-likeness (QED) is 0.669. The summed E-state index contributed by atoms with van der Waals surface area (Å²) in [7, 11) is 0. The Bertz CT molecular complexity index is 169. The number of carbonyl (C=O) groups is 1. The van der Waals surface area contributed by atoms with Gasteiger partial charge in [-0.15, -0.1) is 0 Å². The van der Waals surface area contributed by atoms with E-state index in [1.54, 1.807) is 16.7 Å². The molecule has 1 aliphatic rings. The van der Waals surface area contributed by atoms with Crippen LogP contribution in [-0.4, -0.2) is 46.6 Å². The Balaban J connectivity index is 1.99. The van der Waals surface area contributed by atoms with Crippen molar-refractivity contribution in [1.29, 1.82) is 0 Å². The molecule has 0 unspecified atom stereocenters. The first-order chi connectivity index (χ1) is 6.24. The maximum atomic E-state index is 11.3. The minimum atomic E-state index is -0.274. The maximum Gasteiger partial charge on any atom is 0.232 e. The molecular weight excluding hydrogens is 186 g/mol. The van der Waals surface area contributed by atoms with Gasteiger partial charge in [0.15, 0.2) is 0 Å². The number of nitrogens with zero attached hydrogens (tertiary/aromatic N) is 1. The summed E-state index contributed by atoms with van der Waals surface area (Å²) in [6.45, 7) is 3.22. The lowest BCUT2D eigenvalue weighted by Gasteiger charge is -2.35. The molecule has 0 aromatic carbocycles. The van der Waals surface area contributed by atoms with Gasteiger partial charge in [0.2, 0.25) is 5.91 Å². The standard InChI is InChI=1S/C9H17NO2S/c1-2-3-4-13-7-9(12)10-5-8(11)6-10/h8,11H,2-7H2,1H3. The topological polar surface area (TPSA) is 40.5 Å². The molecule has 0 atom stereocenters. The van der Waals surface area contributed by atoms with Crippen LogP contribution in [0.2, 0.25) is 0 Å². The van der Waals surface area contributed by atoms with Crippen molar-refractivity contribution in [2.75, 3.05) is 24.6 Å². The molecule has 1 saturated heterocycles. The van der Waals surface area contributed by atoms with Crippen LogP contribution in [0.3, 0.4) is 0 Å². The van der Waals surface area contributed by atoms with E-state index < -0.39 is 0 Å². The van der Waals surface area contributed by atoms with E-state index in [1.165, 1.54) is 12.8 Å². The van der Waals surface area contributed by atoms with Crippen LogP contribution in [0.1, 0.15) is 19.8 Å². The first-order valence-electron chi connectivity index (χ1n) is 4.77. The number of unbranched alkanes of at least 4 members (excludes halogenated alkanes) is 1. The van der Waals surface area contributed by atoms with Gasteiger partial charge in [0, 0.05) is 13.1 Å². The summed E-state index contributed by atoms with van der Waals surface area (Å²) in [5, 5.41) is 8.98. The predicted octanol–water partition coefficient (Wildman–Crippen LogP) is 0.723. The van der Waals surface area contributed by atoms with Crippen molar-refractivity contribution in [1.82, 2.24) is 4.90 Å². The van der Waals surface area contributed by atoms with Crippen LogP contribution in [0.15, 0.2) is 0 Å². The highest BCUT2D eigenvalue weighted by atomic mass is 32.2. The second-order valence-corrected chi connectivity index (χ2v) is 4.46. The van der Waals surface area contributed by atoms with Crippen molar-refractivity contribution in [2.24, 2.45) is 0 Å². The Kier molecular flexibility index (Phi) is 4.59. The SMILES string of the molecule is CCCCSCC(=O)N1CC(O)C1. The monoisotopic (exact) mass is 203 g/mol. The number of rotatable bonds is 5. The van der Waals surface area contributed by atoms with Gasteiger partial charge in [-0.25, -0.2) is 0 Å². The Hall–Kier alpha value is -0.220. The van der Waals surface area contributed by atoms with Crippen LogP contribution in [0, 0.1) is 0 Å². The van der Waals surface area contributed by atoms with Gasteiger partial charge in [0.25, 0.3) is 0 Å². The van der Waals surface area contributed by atoms with Crippen LogP contribution in [0.5, 0.6) is 0 Å². The van der Waals surface area contributed by atoms with Gasteiger partial charge in [-0.2, -0.15) is 11.8 Å². The van der Waals surface area contributed by atoms with Crippen LogP contribution in [0.4, 0.5) is 0 Å². The summed E-state index contributed by atoms with van der Waals surface area (Å²) in [6, 6.07) is 0. The average molecular weight is 203 g/mol. The molecule has 1 heterocycles. The molecule has 1 aliphatic heterocycles. The molecule has 1 N–H and O–H groups in total. The normalized spacial score (nSPS) is 17.2. The van der Waals surface area contributed by atoms with E-state index in [9.17, 15) is 4.79 Å². The zero-order valence-corrected chi connectivity index (χ0v) is 8.85. The van der Waals surface area contributed by atoms with E-state index in [4.69, 9.17) is 5.11 Å². The average Bonchev–Trinajstić information content (AvgIpc) is 2.07. The summed E-state index contributed by atoms with van der Waals surface area (Å²) in [5.41, 5.74) is 0. The van der Waals surface area contributed by atoms with Gasteiger partial charge >= 0.3 is 0 Å². The van der Waals surface area contributed by atoms with Crippen LogP contribution in [-0.2, 0) is 4.79 Å². The van der Waals surface area contributed by atoms with Gasteiger partial charge in [-0.3, -0.25) is 4.79 Å². The molecule has 4 heteroatoms. The fraction of sp³-hybridized carbons (Fsp3) is 0.889. The van der Waals surface area contributed by atoms with E-state index in [0.717, 1.165) is 5.75 Å². The Morgan fingerprint density at radius 2 is 2.31 bits per heavy atom. The molecule has 3 nitrogen and oxygen atoms in total. The van der Waals surface area contributed by atoms with Crippen molar-refractivity contribution in [3.63, 3.8) is 0 Å². The van der Waals surface area contributed by atoms with Crippen LogP contribution >= 0.6 is 11.8 Å². The molecule has 0 aromatic heterocycles. The molecular formula is C9H17NO2S. The lowest BCUT2D eigenvalue weighted by atomic mass is 10.2. The van der Waals surface area contributed by atoms with E-state index in [2.05, 4.69) is 6.92 Å². The number of hydrogen-bond donors (Lipinski definition) is 1. The minimum absolute atomic E-state index is 0.173. The number of amides is 1. The van der Waals surface area contributed by atoms with Crippen molar-refractivity contribution in [2.45, 2.75) is 25.9 Å². The molecule has 76 valence electrons. The summed E-state index contributed by atoms with van der Waals surface area (Å²) >= 11 is 1.69. The second-order valence-electron chi connectivity index (χ2n) is 3.36. The van der Waals surface area contributed by atoms with Crippen molar-refractivity contribution >= 4 is 17.7 Å². The van der Waals surface area contributed by atoms with Gasteiger partial charge in [0.05, 0.1) is 11.9 Å². The third kappa shape index (κ3) is 3.56. The van der Waals surface area contributed by atoms with Crippen molar-refractivity contribution in [3.05, 3.63) is 0 Å². The summed E-state index contributed by atoms with van der Waals surface area (Å²) in [5.74, 6) is 1.82. The van der Waals surface area contributed by atoms with Gasteiger partial charge in [-0.05, 0) is 12.2 Å². The highest BCUT2D eigenvalue weighted by Gasteiger charge is 2.27. The molecule has 0 radical (unpaired) electrons. The number of thioether (sulfide) groups is 1. The first kappa shape index (κ1) is 10.9. The summed E-state index contributed by atoms with van der Waals surface area (Å²) in [4.78, 5) is 13.0. The van der Waals surface area contributed by atoms with Gasteiger partial charge in [0.1, 0.15) is 0 Å². The number of β-amino-alcohol motifs (C(OH)–C–C–N with tert-alkyl or cyclic N) is 1. The maximum absolute atomic E-state index is 11.3. The highest BCUT2D eigenvalue weighted by Crippen LogP contribution is 2.11. The smallest absolute Gasteiger partial charge is 0.232 e. The summed E-state index contributed by atoms with van der Waals surface area (Å²) in [6.07, 6.45) is 2.09. The molecule has 13 heavy (non-hydrogen) atoms. The molecule has 1 rings (SSSR count). The van der Waals surface area contributed by atoms with E-state index >= 15 is 0 Å². The van der Waals surface area contributed by atoms with E-state index in [0.29, 0.717) is 18.8 Å². The molecule has 0 bridgehead atoms. The fourth-order valence-electron chi connectivity index (χ4n) is 1.16.